The van der Waals surface area contributed by atoms with Crippen LogP contribution in [-0.2, 0) is 0 Å². The molecule has 0 radical (unpaired) electrons. The fraction of sp³-hybridized carbons (Fsp3) is 0.435. The van der Waals surface area contributed by atoms with E-state index in [1.165, 1.54) is 0 Å². The molecule has 31 heavy (non-hydrogen) atoms. The number of rotatable bonds is 5. The predicted octanol–water partition coefficient (Wildman–Crippen LogP) is 4.59. The van der Waals surface area contributed by atoms with Gasteiger partial charge in [-0.3, -0.25) is 4.79 Å². The van der Waals surface area contributed by atoms with Crippen LogP contribution in [0.2, 0.25) is 0 Å². The molecule has 164 valence electrons. The van der Waals surface area contributed by atoms with E-state index in [1.807, 2.05) is 26.0 Å². The molecule has 0 bridgehead atoms. The quantitative estimate of drug-likeness (QED) is 0.611. The molecule has 1 saturated heterocycles. The number of piperidine rings is 1. The van der Waals surface area contributed by atoms with Crippen molar-refractivity contribution >= 4 is 28.7 Å². The zero-order chi connectivity index (χ0) is 22.3. The summed E-state index contributed by atoms with van der Waals surface area (Å²) in [4.78, 5) is 26.4. The van der Waals surface area contributed by atoms with Crippen LogP contribution in [0, 0.1) is 12.3 Å². The third kappa shape index (κ3) is 4.15. The highest BCUT2D eigenvalue weighted by molar-refractivity contribution is 5.92. The summed E-state index contributed by atoms with van der Waals surface area (Å²) in [6, 6.07) is 4.94. The number of hydrogen-bond donors (Lipinski definition) is 2. The Bertz CT molecular complexity index is 1180. The Labute approximate surface area is 179 Å². The second-order valence-electron chi connectivity index (χ2n) is 9.07. The van der Waals surface area contributed by atoms with Gasteiger partial charge in [-0.15, -0.1) is 0 Å². The summed E-state index contributed by atoms with van der Waals surface area (Å²) in [6.45, 7) is 9.94. The number of fused-ring (bicyclic) bond motifs is 1. The standard InChI is InChI=1S/C23H27N3O5/c1-13-9-15(14(2)25-21-17(22(28)29)12-24-31-21)20-16(10-13)18(27)11-19(30-20)26-7-5-23(3,4)6-8-26/h9-12,14,25H,5-8H2,1-4H3,(H,28,29). The summed E-state index contributed by atoms with van der Waals surface area (Å²) in [7, 11) is 0. The Hall–Kier alpha value is -3.29. The average molecular weight is 425 g/mol. The zero-order valence-corrected chi connectivity index (χ0v) is 18.2. The monoisotopic (exact) mass is 425 g/mol. The molecule has 8 heteroatoms. The van der Waals surface area contributed by atoms with Crippen LogP contribution in [-0.4, -0.2) is 29.3 Å². The number of nitrogens with one attached hydrogen (secondary N) is 1. The van der Waals surface area contributed by atoms with Gasteiger partial charge in [0.05, 0.1) is 17.6 Å². The van der Waals surface area contributed by atoms with Gasteiger partial charge in [-0.2, -0.15) is 0 Å². The van der Waals surface area contributed by atoms with Crippen LogP contribution in [0.5, 0.6) is 0 Å². The normalized spacial score (nSPS) is 17.0. The molecule has 0 aliphatic carbocycles. The first-order valence-corrected chi connectivity index (χ1v) is 10.4. The summed E-state index contributed by atoms with van der Waals surface area (Å²) in [5.74, 6) is -0.505. The van der Waals surface area contributed by atoms with Gasteiger partial charge < -0.3 is 24.3 Å². The van der Waals surface area contributed by atoms with E-state index in [0.717, 1.165) is 43.3 Å². The van der Waals surface area contributed by atoms with Crippen molar-refractivity contribution in [3.05, 3.63) is 51.3 Å². The molecule has 2 aromatic heterocycles. The van der Waals surface area contributed by atoms with Crippen molar-refractivity contribution in [3.63, 3.8) is 0 Å². The lowest BCUT2D eigenvalue weighted by Crippen LogP contribution is -2.37. The third-order valence-electron chi connectivity index (χ3n) is 6.03. The predicted molar refractivity (Wildman–Crippen MR) is 118 cm³/mol. The Kier molecular flexibility index (Phi) is 5.24. The van der Waals surface area contributed by atoms with Crippen molar-refractivity contribution in [2.24, 2.45) is 5.41 Å². The average Bonchev–Trinajstić information content (AvgIpc) is 3.16. The highest BCUT2D eigenvalue weighted by Crippen LogP contribution is 2.34. The van der Waals surface area contributed by atoms with E-state index in [9.17, 15) is 14.7 Å². The SMILES string of the molecule is Cc1cc(C(C)Nc2oncc2C(=O)O)c2oc(N3CCC(C)(C)CC3)cc(=O)c2c1. The molecule has 1 unspecified atom stereocenters. The highest BCUT2D eigenvalue weighted by atomic mass is 16.5. The number of carbonyl (C=O) groups is 1. The minimum Gasteiger partial charge on any atom is -0.477 e. The van der Waals surface area contributed by atoms with Crippen molar-refractivity contribution in [1.29, 1.82) is 0 Å². The van der Waals surface area contributed by atoms with Crippen LogP contribution < -0.4 is 15.6 Å². The maximum atomic E-state index is 12.9. The number of aryl methyl sites for hydroxylation is 1. The highest BCUT2D eigenvalue weighted by Gasteiger charge is 2.27. The number of nitrogens with zero attached hydrogens (tertiary/aromatic N) is 2. The number of carboxylic acids is 1. The van der Waals surface area contributed by atoms with Crippen molar-refractivity contribution in [2.75, 3.05) is 23.3 Å². The molecule has 1 fully saturated rings. The summed E-state index contributed by atoms with van der Waals surface area (Å²) >= 11 is 0. The van der Waals surface area contributed by atoms with Gasteiger partial charge in [0, 0.05) is 24.7 Å². The molecule has 0 spiro atoms. The Morgan fingerprint density at radius 2 is 1.97 bits per heavy atom. The number of aromatic carboxylic acids is 1. The molecular formula is C23H27N3O5. The Morgan fingerprint density at radius 1 is 1.26 bits per heavy atom. The summed E-state index contributed by atoms with van der Waals surface area (Å²) in [6.07, 6.45) is 3.20. The van der Waals surface area contributed by atoms with E-state index in [4.69, 9.17) is 8.94 Å². The Balaban J connectivity index is 1.74. The molecule has 4 rings (SSSR count). The molecular weight excluding hydrogens is 398 g/mol. The molecule has 0 saturated carbocycles. The smallest absolute Gasteiger partial charge is 0.342 e. The molecule has 0 amide bonds. The number of hydrogen-bond acceptors (Lipinski definition) is 7. The maximum Gasteiger partial charge on any atom is 0.342 e. The van der Waals surface area contributed by atoms with E-state index >= 15 is 0 Å². The van der Waals surface area contributed by atoms with Crippen molar-refractivity contribution in [2.45, 2.75) is 46.6 Å². The lowest BCUT2D eigenvalue weighted by molar-refractivity contribution is 0.0697. The molecule has 2 N–H and O–H groups in total. The number of aromatic nitrogens is 1. The van der Waals surface area contributed by atoms with Crippen molar-refractivity contribution in [1.82, 2.24) is 5.16 Å². The van der Waals surface area contributed by atoms with E-state index in [0.29, 0.717) is 16.9 Å². The molecule has 3 aromatic rings. The van der Waals surface area contributed by atoms with Gasteiger partial charge >= 0.3 is 5.97 Å². The van der Waals surface area contributed by atoms with E-state index < -0.39 is 5.97 Å². The maximum absolute atomic E-state index is 12.9. The molecule has 1 atom stereocenters. The van der Waals surface area contributed by atoms with Crippen LogP contribution in [0.15, 0.2) is 38.1 Å². The largest absolute Gasteiger partial charge is 0.477 e. The third-order valence-corrected chi connectivity index (χ3v) is 6.03. The van der Waals surface area contributed by atoms with Crippen molar-refractivity contribution in [3.8, 4) is 0 Å². The molecule has 1 aliphatic heterocycles. The number of benzene rings is 1. The number of anilines is 2. The Morgan fingerprint density at radius 3 is 2.65 bits per heavy atom. The van der Waals surface area contributed by atoms with Crippen LogP contribution in [0.1, 0.15) is 61.1 Å². The van der Waals surface area contributed by atoms with E-state index in [1.54, 1.807) is 6.07 Å². The van der Waals surface area contributed by atoms with Crippen LogP contribution in [0.4, 0.5) is 11.8 Å². The first kappa shape index (κ1) is 21.0. The van der Waals surface area contributed by atoms with Gasteiger partial charge in [0.15, 0.2) is 11.3 Å². The van der Waals surface area contributed by atoms with Gasteiger partial charge in [-0.05, 0) is 43.7 Å². The first-order chi connectivity index (χ1) is 14.6. The minimum atomic E-state index is -1.13. The molecule has 1 aliphatic rings. The lowest BCUT2D eigenvalue weighted by atomic mass is 9.83. The van der Waals surface area contributed by atoms with Gasteiger partial charge in [-0.1, -0.05) is 25.1 Å². The fourth-order valence-corrected chi connectivity index (χ4v) is 4.00. The summed E-state index contributed by atoms with van der Waals surface area (Å²) < 4.78 is 11.4. The summed E-state index contributed by atoms with van der Waals surface area (Å²) in [5, 5.41) is 16.4. The molecule has 3 heterocycles. The first-order valence-electron chi connectivity index (χ1n) is 10.4. The van der Waals surface area contributed by atoms with E-state index in [-0.39, 0.29) is 28.3 Å². The molecule has 1 aromatic carbocycles. The molecule has 8 nitrogen and oxygen atoms in total. The van der Waals surface area contributed by atoms with Gasteiger partial charge in [0.2, 0.25) is 5.88 Å². The minimum absolute atomic E-state index is 0.0538. The number of carboxylic acid groups (broad SMARTS) is 1. The van der Waals surface area contributed by atoms with Gasteiger partial charge in [0.1, 0.15) is 11.1 Å². The van der Waals surface area contributed by atoms with Gasteiger partial charge in [0.25, 0.3) is 0 Å². The fourth-order valence-electron chi connectivity index (χ4n) is 4.00. The lowest BCUT2D eigenvalue weighted by Gasteiger charge is -2.37. The van der Waals surface area contributed by atoms with E-state index in [2.05, 4.69) is 29.2 Å². The van der Waals surface area contributed by atoms with Crippen LogP contribution in [0.25, 0.3) is 11.0 Å². The topological polar surface area (TPSA) is 109 Å². The van der Waals surface area contributed by atoms with Gasteiger partial charge in [-0.25, -0.2) is 4.79 Å². The zero-order valence-electron chi connectivity index (χ0n) is 18.2. The summed E-state index contributed by atoms with van der Waals surface area (Å²) in [5.41, 5.74) is 2.29. The van der Waals surface area contributed by atoms with Crippen LogP contribution in [0.3, 0.4) is 0 Å². The second kappa shape index (κ2) is 7.76. The van der Waals surface area contributed by atoms with Crippen molar-refractivity contribution < 1.29 is 18.8 Å². The van der Waals surface area contributed by atoms with Crippen LogP contribution >= 0.6 is 0 Å². The second-order valence-corrected chi connectivity index (χ2v) is 9.07.